The average Bonchev–Trinajstić information content (AvgIpc) is 1.94. The Morgan fingerprint density at radius 1 is 1.21 bits per heavy atom. The Hall–Kier alpha value is 0.931. The first kappa shape index (κ1) is 14.9. The summed E-state index contributed by atoms with van der Waals surface area (Å²) in [6.07, 6.45) is 0. The van der Waals surface area contributed by atoms with Gasteiger partial charge in [-0.2, -0.15) is 0 Å². The molecule has 0 fully saturated rings. The number of hydrogen-bond acceptors (Lipinski definition) is 0. The first-order valence-electron chi connectivity index (χ1n) is 3.48. The fraction of sp³-hybridized carbons (Fsp3) is 0.143. The van der Waals surface area contributed by atoms with Gasteiger partial charge >= 0.3 is 58.4 Å². The predicted molar refractivity (Wildman–Crippen MR) is 44.9 cm³/mol. The topological polar surface area (TPSA) is 0 Å². The molecule has 0 unspecified atom stereocenters. The molecule has 1 aromatic carbocycles. The van der Waals surface area contributed by atoms with E-state index in [4.69, 9.17) is 11.6 Å². The molecule has 7 heteroatoms. The molecule has 72 valence electrons. The zero-order chi connectivity index (χ0) is 10.2. The van der Waals surface area contributed by atoms with Crippen LogP contribution in [0.15, 0.2) is 12.1 Å². The van der Waals surface area contributed by atoms with Gasteiger partial charge in [0.2, 0.25) is 0 Å². The molecule has 1 aromatic rings. The van der Waals surface area contributed by atoms with Crippen molar-refractivity contribution in [2.75, 3.05) is 0 Å². The molecule has 0 atom stereocenters. The van der Waals surface area contributed by atoms with E-state index in [1.165, 1.54) is 6.92 Å². The van der Waals surface area contributed by atoms with Gasteiger partial charge in [-0.1, -0.05) is 23.1 Å². The van der Waals surface area contributed by atoms with E-state index in [1.807, 2.05) is 0 Å². The number of benzene rings is 1. The zero-order valence-corrected chi connectivity index (χ0v) is 11.5. The van der Waals surface area contributed by atoms with Crippen LogP contribution in [-0.4, -0.2) is 6.98 Å². The molecule has 0 aromatic heterocycles. The molecule has 0 saturated carbocycles. The van der Waals surface area contributed by atoms with E-state index in [0.717, 1.165) is 6.07 Å². The van der Waals surface area contributed by atoms with Crippen molar-refractivity contribution in [2.45, 2.75) is 6.92 Å². The molecule has 0 aliphatic rings. The molecule has 0 radical (unpaired) electrons. The summed E-state index contributed by atoms with van der Waals surface area (Å²) in [6.45, 7) is -3.88. The van der Waals surface area contributed by atoms with Gasteiger partial charge in [-0.15, -0.1) is 0 Å². The summed E-state index contributed by atoms with van der Waals surface area (Å²) < 4.78 is 49.3. The van der Waals surface area contributed by atoms with Crippen molar-refractivity contribution in [1.82, 2.24) is 0 Å². The number of halogens is 5. The van der Waals surface area contributed by atoms with E-state index in [-0.39, 0.29) is 56.9 Å². The Morgan fingerprint density at radius 3 is 2.14 bits per heavy atom. The third kappa shape index (κ3) is 3.50. The van der Waals surface area contributed by atoms with E-state index in [1.54, 1.807) is 0 Å². The molecule has 0 aliphatic carbocycles. The first-order chi connectivity index (χ1) is 5.82. The van der Waals surface area contributed by atoms with Crippen LogP contribution >= 0.6 is 11.6 Å². The van der Waals surface area contributed by atoms with Gasteiger partial charge in [0.25, 0.3) is 0 Å². The van der Waals surface area contributed by atoms with E-state index in [9.17, 15) is 17.3 Å². The van der Waals surface area contributed by atoms with Crippen molar-refractivity contribution in [3.8, 4) is 0 Å². The van der Waals surface area contributed by atoms with Gasteiger partial charge in [0.05, 0.1) is 0 Å². The van der Waals surface area contributed by atoms with Crippen molar-refractivity contribution >= 4 is 24.0 Å². The van der Waals surface area contributed by atoms with Crippen LogP contribution in [0.25, 0.3) is 0 Å². The molecule has 0 saturated heterocycles. The van der Waals surface area contributed by atoms with E-state index < -0.39 is 23.3 Å². The van der Waals surface area contributed by atoms with Gasteiger partial charge in [-0.3, -0.25) is 0 Å². The molecule has 0 bridgehead atoms. The van der Waals surface area contributed by atoms with Crippen LogP contribution in [0.1, 0.15) is 5.56 Å². The standard InChI is InChI=1S/C7H5BClF4.K/c1-4-2-6(9)5(3-7(4)10)8(11,12)13;/h2-3H,1H3;/q-1;+1. The SMILES string of the molecule is Cc1cc(Cl)c([B-](F)(F)F)cc1F.[K+]. The fourth-order valence-electron chi connectivity index (χ4n) is 0.913. The maximum absolute atomic E-state index is 12.7. The Labute approximate surface area is 126 Å². The van der Waals surface area contributed by atoms with Crippen LogP contribution in [0.3, 0.4) is 0 Å². The molecule has 1 rings (SSSR count). The number of hydrogen-bond donors (Lipinski definition) is 0. The van der Waals surface area contributed by atoms with Crippen LogP contribution in [0.2, 0.25) is 5.02 Å². The van der Waals surface area contributed by atoms with Crippen molar-refractivity contribution in [3.05, 3.63) is 28.5 Å². The molecule has 0 nitrogen and oxygen atoms in total. The Balaban J connectivity index is 0.00000169. The van der Waals surface area contributed by atoms with E-state index >= 15 is 0 Å². The quantitative estimate of drug-likeness (QED) is 0.480. The van der Waals surface area contributed by atoms with Crippen molar-refractivity contribution in [2.24, 2.45) is 0 Å². The van der Waals surface area contributed by atoms with Gasteiger partial charge in [0.1, 0.15) is 5.82 Å². The summed E-state index contributed by atoms with van der Waals surface area (Å²) in [4.78, 5) is 0. The van der Waals surface area contributed by atoms with Crippen LogP contribution < -0.4 is 56.8 Å². The molecule has 0 aliphatic heterocycles. The van der Waals surface area contributed by atoms with E-state index in [0.29, 0.717) is 6.07 Å². The number of aryl methyl sites for hydroxylation is 1. The van der Waals surface area contributed by atoms with Crippen LogP contribution in [0.4, 0.5) is 17.3 Å². The van der Waals surface area contributed by atoms with Gasteiger partial charge in [0.15, 0.2) is 0 Å². The summed E-state index contributed by atoms with van der Waals surface area (Å²) in [7, 11) is 0. The molecule has 0 N–H and O–H groups in total. The maximum atomic E-state index is 12.7. The van der Waals surface area contributed by atoms with Crippen molar-refractivity contribution in [3.63, 3.8) is 0 Å². The summed E-state index contributed by atoms with van der Waals surface area (Å²) in [5.74, 6) is -0.890. The molecule has 0 spiro atoms. The molecular weight excluding hydrogens is 245 g/mol. The predicted octanol–water partition coefficient (Wildman–Crippen LogP) is -0.154. The minimum Gasteiger partial charge on any atom is -0.445 e. The van der Waals surface area contributed by atoms with Gasteiger partial charge in [0, 0.05) is 5.02 Å². The van der Waals surface area contributed by atoms with Gasteiger partial charge < -0.3 is 12.9 Å². The summed E-state index contributed by atoms with van der Waals surface area (Å²) in [5.41, 5.74) is -0.974. The monoisotopic (exact) mass is 250 g/mol. The molecule has 0 heterocycles. The Morgan fingerprint density at radius 2 is 1.71 bits per heavy atom. The summed E-state index contributed by atoms with van der Waals surface area (Å²) in [6, 6.07) is 1.40. The minimum atomic E-state index is -5.23. The number of rotatable bonds is 1. The third-order valence-electron chi connectivity index (χ3n) is 1.63. The third-order valence-corrected chi connectivity index (χ3v) is 1.96. The van der Waals surface area contributed by atoms with Gasteiger partial charge in [-0.05, 0) is 18.6 Å². The molecule has 14 heavy (non-hydrogen) atoms. The van der Waals surface area contributed by atoms with Crippen molar-refractivity contribution < 1.29 is 68.7 Å². The van der Waals surface area contributed by atoms with Crippen LogP contribution in [-0.2, 0) is 0 Å². The summed E-state index contributed by atoms with van der Waals surface area (Å²) >= 11 is 5.32. The first-order valence-corrected chi connectivity index (χ1v) is 3.85. The second-order valence-electron chi connectivity index (χ2n) is 2.70. The smallest absolute Gasteiger partial charge is 0.445 e. The van der Waals surface area contributed by atoms with E-state index in [2.05, 4.69) is 0 Å². The average molecular weight is 250 g/mol. The maximum Gasteiger partial charge on any atom is 1.00 e. The van der Waals surface area contributed by atoms with Gasteiger partial charge in [-0.25, -0.2) is 4.39 Å². The normalized spacial score (nSPS) is 11.0. The fourth-order valence-corrected chi connectivity index (χ4v) is 1.25. The largest absolute Gasteiger partial charge is 1.00 e. The second-order valence-corrected chi connectivity index (χ2v) is 3.10. The second kappa shape index (κ2) is 5.32. The minimum absolute atomic E-state index is 0. The molecule has 0 amide bonds. The summed E-state index contributed by atoms with van der Waals surface area (Å²) in [5, 5.41) is -0.452. The molecular formula is C7H5BClF4K. The zero-order valence-electron chi connectivity index (χ0n) is 7.62. The Kier molecular flexibility index (Phi) is 5.67. The van der Waals surface area contributed by atoms with Crippen molar-refractivity contribution in [1.29, 1.82) is 0 Å². The van der Waals surface area contributed by atoms with Crippen LogP contribution in [0, 0.1) is 12.7 Å². The Bertz CT molecular complexity index is 339. The van der Waals surface area contributed by atoms with Crippen LogP contribution in [0.5, 0.6) is 0 Å².